The molecule has 0 saturated carbocycles. The van der Waals surface area contributed by atoms with Crippen molar-refractivity contribution in [2.45, 2.75) is 6.92 Å². The van der Waals surface area contributed by atoms with Crippen molar-refractivity contribution in [3.05, 3.63) is 36.2 Å². The summed E-state index contributed by atoms with van der Waals surface area (Å²) in [6.07, 6.45) is 0. The summed E-state index contributed by atoms with van der Waals surface area (Å²) in [7, 11) is 1.90. The first-order valence-electron chi connectivity index (χ1n) is 4.20. The molecule has 1 aromatic carbocycles. The summed E-state index contributed by atoms with van der Waals surface area (Å²) in [4.78, 5) is 4.33. The topological polar surface area (TPSA) is 30.7 Å². The third kappa shape index (κ3) is 1.45. The summed E-state index contributed by atoms with van der Waals surface area (Å²) in [5.41, 5.74) is 1.06. The first-order valence-corrected chi connectivity index (χ1v) is 4.20. The van der Waals surface area contributed by atoms with Gasteiger partial charge in [-0.05, 0) is 6.92 Å². The number of rotatable bonds is 1. The number of benzene rings is 1. The van der Waals surface area contributed by atoms with Crippen LogP contribution in [0.2, 0.25) is 0 Å². The monoisotopic (exact) mass is 173 g/mol. The molecule has 2 aromatic rings. The van der Waals surface area contributed by atoms with Crippen LogP contribution in [0, 0.1) is 6.92 Å². The predicted octanol–water partition coefficient (Wildman–Crippen LogP) is 1.79. The van der Waals surface area contributed by atoms with E-state index in [1.54, 1.807) is 4.68 Å². The summed E-state index contributed by atoms with van der Waals surface area (Å²) in [6.45, 7) is 1.94. The van der Waals surface area contributed by atoms with Crippen LogP contribution in [0.15, 0.2) is 30.3 Å². The fourth-order valence-electron chi connectivity index (χ4n) is 1.17. The van der Waals surface area contributed by atoms with Crippen LogP contribution in [0.4, 0.5) is 0 Å². The molecule has 2 rings (SSSR count). The van der Waals surface area contributed by atoms with Crippen LogP contribution in [0.1, 0.15) is 5.82 Å². The lowest BCUT2D eigenvalue weighted by molar-refractivity contribution is 0.736. The van der Waals surface area contributed by atoms with Crippen molar-refractivity contribution in [1.82, 2.24) is 14.8 Å². The standard InChI is InChI=1S/C10H11N3/c1-8-11-10(12-13(8)2)9-6-4-3-5-7-9/h3-7H,1-2H3. The van der Waals surface area contributed by atoms with Crippen LogP contribution >= 0.6 is 0 Å². The molecule has 0 spiro atoms. The van der Waals surface area contributed by atoms with E-state index in [2.05, 4.69) is 10.1 Å². The number of hydrogen-bond acceptors (Lipinski definition) is 2. The van der Waals surface area contributed by atoms with Crippen LogP contribution in [-0.2, 0) is 7.05 Å². The fourth-order valence-corrected chi connectivity index (χ4v) is 1.17. The van der Waals surface area contributed by atoms with Gasteiger partial charge in [-0.25, -0.2) is 4.98 Å². The molecule has 0 atom stereocenters. The number of hydrogen-bond donors (Lipinski definition) is 0. The zero-order chi connectivity index (χ0) is 9.26. The van der Waals surface area contributed by atoms with E-state index in [0.717, 1.165) is 17.2 Å². The van der Waals surface area contributed by atoms with Gasteiger partial charge in [0.15, 0.2) is 5.82 Å². The summed E-state index contributed by atoms with van der Waals surface area (Å²) in [5, 5.41) is 4.29. The summed E-state index contributed by atoms with van der Waals surface area (Å²) in [6, 6.07) is 9.98. The smallest absolute Gasteiger partial charge is 0.181 e. The Morgan fingerprint density at radius 3 is 2.38 bits per heavy atom. The van der Waals surface area contributed by atoms with Gasteiger partial charge in [0.05, 0.1) is 0 Å². The van der Waals surface area contributed by atoms with Gasteiger partial charge in [0.2, 0.25) is 0 Å². The quantitative estimate of drug-likeness (QED) is 0.658. The maximum atomic E-state index is 4.33. The molecule has 0 bridgehead atoms. The van der Waals surface area contributed by atoms with E-state index < -0.39 is 0 Å². The van der Waals surface area contributed by atoms with Crippen molar-refractivity contribution in [2.75, 3.05) is 0 Å². The Hall–Kier alpha value is -1.64. The molecule has 66 valence electrons. The molecule has 0 fully saturated rings. The average Bonchev–Trinajstić information content (AvgIpc) is 2.49. The summed E-state index contributed by atoms with van der Waals surface area (Å²) in [5.74, 6) is 1.72. The summed E-state index contributed by atoms with van der Waals surface area (Å²) < 4.78 is 1.78. The predicted molar refractivity (Wildman–Crippen MR) is 51.2 cm³/mol. The molecule has 0 aliphatic carbocycles. The third-order valence-electron chi connectivity index (χ3n) is 2.01. The molecule has 0 amide bonds. The van der Waals surface area contributed by atoms with Gasteiger partial charge in [0.25, 0.3) is 0 Å². The second kappa shape index (κ2) is 3.01. The Kier molecular flexibility index (Phi) is 1.85. The second-order valence-electron chi connectivity index (χ2n) is 2.97. The molecule has 1 aromatic heterocycles. The molecule has 0 aliphatic rings. The van der Waals surface area contributed by atoms with Crippen LogP contribution in [-0.4, -0.2) is 14.8 Å². The fraction of sp³-hybridized carbons (Fsp3) is 0.200. The SMILES string of the molecule is Cc1nc(-c2ccccc2)nn1C. The number of aromatic nitrogens is 3. The van der Waals surface area contributed by atoms with E-state index in [-0.39, 0.29) is 0 Å². The van der Waals surface area contributed by atoms with Crippen molar-refractivity contribution in [3.63, 3.8) is 0 Å². The van der Waals surface area contributed by atoms with Gasteiger partial charge in [0.1, 0.15) is 5.82 Å². The largest absolute Gasteiger partial charge is 0.253 e. The Balaban J connectivity index is 2.48. The Morgan fingerprint density at radius 1 is 1.15 bits per heavy atom. The normalized spacial score (nSPS) is 10.3. The maximum Gasteiger partial charge on any atom is 0.181 e. The van der Waals surface area contributed by atoms with Gasteiger partial charge in [-0.2, -0.15) is 5.10 Å². The van der Waals surface area contributed by atoms with Gasteiger partial charge < -0.3 is 0 Å². The molecule has 3 heteroatoms. The van der Waals surface area contributed by atoms with Crippen LogP contribution in [0.5, 0.6) is 0 Å². The first-order chi connectivity index (χ1) is 6.27. The van der Waals surface area contributed by atoms with Crippen molar-refractivity contribution in [3.8, 4) is 11.4 Å². The highest BCUT2D eigenvalue weighted by atomic mass is 15.3. The van der Waals surface area contributed by atoms with E-state index in [9.17, 15) is 0 Å². The first kappa shape index (κ1) is 7.98. The Labute approximate surface area is 77.0 Å². The van der Waals surface area contributed by atoms with E-state index in [0.29, 0.717) is 0 Å². The molecule has 0 saturated heterocycles. The molecule has 0 N–H and O–H groups in total. The average molecular weight is 173 g/mol. The zero-order valence-electron chi connectivity index (χ0n) is 7.73. The van der Waals surface area contributed by atoms with Crippen molar-refractivity contribution in [2.24, 2.45) is 7.05 Å². The minimum Gasteiger partial charge on any atom is -0.253 e. The minimum atomic E-state index is 0.792. The van der Waals surface area contributed by atoms with Crippen LogP contribution in [0.3, 0.4) is 0 Å². The summed E-state index contributed by atoms with van der Waals surface area (Å²) >= 11 is 0. The van der Waals surface area contributed by atoms with Gasteiger partial charge in [-0.15, -0.1) is 0 Å². The Bertz CT molecular complexity index is 384. The third-order valence-corrected chi connectivity index (χ3v) is 2.01. The lowest BCUT2D eigenvalue weighted by Gasteiger charge is -1.91. The number of aryl methyl sites for hydroxylation is 2. The van der Waals surface area contributed by atoms with Gasteiger partial charge >= 0.3 is 0 Å². The van der Waals surface area contributed by atoms with Crippen molar-refractivity contribution < 1.29 is 0 Å². The van der Waals surface area contributed by atoms with Gasteiger partial charge in [-0.3, -0.25) is 4.68 Å². The van der Waals surface area contributed by atoms with E-state index >= 15 is 0 Å². The minimum absolute atomic E-state index is 0.792. The van der Waals surface area contributed by atoms with E-state index in [4.69, 9.17) is 0 Å². The molecule has 0 aliphatic heterocycles. The molecular weight excluding hydrogens is 162 g/mol. The molecule has 1 heterocycles. The number of nitrogens with zero attached hydrogens (tertiary/aromatic N) is 3. The highest BCUT2D eigenvalue weighted by Gasteiger charge is 2.03. The lowest BCUT2D eigenvalue weighted by Crippen LogP contribution is -1.92. The zero-order valence-corrected chi connectivity index (χ0v) is 7.73. The lowest BCUT2D eigenvalue weighted by atomic mass is 10.2. The molecule has 0 unspecified atom stereocenters. The van der Waals surface area contributed by atoms with Crippen LogP contribution < -0.4 is 0 Å². The van der Waals surface area contributed by atoms with Crippen molar-refractivity contribution in [1.29, 1.82) is 0 Å². The van der Waals surface area contributed by atoms with E-state index in [1.807, 2.05) is 44.3 Å². The van der Waals surface area contributed by atoms with Gasteiger partial charge in [-0.1, -0.05) is 30.3 Å². The highest BCUT2D eigenvalue weighted by Crippen LogP contribution is 2.13. The van der Waals surface area contributed by atoms with Gasteiger partial charge in [0, 0.05) is 12.6 Å². The molecule has 13 heavy (non-hydrogen) atoms. The van der Waals surface area contributed by atoms with E-state index in [1.165, 1.54) is 0 Å². The van der Waals surface area contributed by atoms with Crippen LogP contribution in [0.25, 0.3) is 11.4 Å². The maximum absolute atomic E-state index is 4.33. The second-order valence-corrected chi connectivity index (χ2v) is 2.97. The highest BCUT2D eigenvalue weighted by molar-refractivity contribution is 5.53. The van der Waals surface area contributed by atoms with Crippen molar-refractivity contribution >= 4 is 0 Å². The molecule has 0 radical (unpaired) electrons. The molecule has 3 nitrogen and oxygen atoms in total. The Morgan fingerprint density at radius 2 is 1.85 bits per heavy atom. The molecular formula is C10H11N3.